The number of rotatable bonds is 1. The molecule has 0 radical (unpaired) electrons. The SMILES string of the molecule is CC(=O)N(N)c1ccccc1F. The molecule has 0 saturated heterocycles. The highest BCUT2D eigenvalue weighted by Crippen LogP contribution is 2.15. The van der Waals surface area contributed by atoms with E-state index < -0.39 is 11.7 Å². The van der Waals surface area contributed by atoms with E-state index in [2.05, 4.69) is 0 Å². The zero-order valence-electron chi connectivity index (χ0n) is 6.62. The summed E-state index contributed by atoms with van der Waals surface area (Å²) >= 11 is 0. The molecule has 0 bridgehead atoms. The first-order valence-corrected chi connectivity index (χ1v) is 3.43. The number of para-hydroxylation sites is 1. The number of hydrazine groups is 1. The standard InChI is InChI=1S/C8H9FN2O/c1-6(12)11(10)8-5-3-2-4-7(8)9/h2-5H,10H2,1H3. The molecule has 0 aliphatic carbocycles. The van der Waals surface area contributed by atoms with E-state index in [0.717, 1.165) is 5.01 Å². The summed E-state index contributed by atoms with van der Waals surface area (Å²) in [6.07, 6.45) is 0. The van der Waals surface area contributed by atoms with Crippen molar-refractivity contribution in [2.45, 2.75) is 6.92 Å². The van der Waals surface area contributed by atoms with E-state index in [4.69, 9.17) is 5.84 Å². The third-order valence-corrected chi connectivity index (χ3v) is 1.45. The largest absolute Gasteiger partial charge is 0.273 e. The van der Waals surface area contributed by atoms with Gasteiger partial charge in [-0.15, -0.1) is 0 Å². The molecule has 64 valence electrons. The summed E-state index contributed by atoms with van der Waals surface area (Å²) in [6, 6.07) is 5.84. The fourth-order valence-corrected chi connectivity index (χ4v) is 0.817. The normalized spacial score (nSPS) is 9.58. The maximum absolute atomic E-state index is 12.9. The van der Waals surface area contributed by atoms with Crippen LogP contribution in [0.1, 0.15) is 6.92 Å². The Hall–Kier alpha value is -1.42. The second kappa shape index (κ2) is 3.32. The second-order valence-electron chi connectivity index (χ2n) is 2.34. The van der Waals surface area contributed by atoms with Gasteiger partial charge < -0.3 is 0 Å². The molecule has 1 rings (SSSR count). The molecule has 1 aromatic rings. The second-order valence-corrected chi connectivity index (χ2v) is 2.34. The molecule has 4 heteroatoms. The zero-order chi connectivity index (χ0) is 9.14. The lowest BCUT2D eigenvalue weighted by Crippen LogP contribution is -2.36. The van der Waals surface area contributed by atoms with Crippen LogP contribution in [0.5, 0.6) is 0 Å². The quantitative estimate of drug-likeness (QED) is 0.387. The molecule has 0 unspecified atom stereocenters. The van der Waals surface area contributed by atoms with E-state index in [0.29, 0.717) is 0 Å². The van der Waals surface area contributed by atoms with Crippen LogP contribution in [0.15, 0.2) is 24.3 Å². The molecular formula is C8H9FN2O. The van der Waals surface area contributed by atoms with Gasteiger partial charge in [0.25, 0.3) is 0 Å². The van der Waals surface area contributed by atoms with Gasteiger partial charge in [-0.05, 0) is 12.1 Å². The molecule has 3 nitrogen and oxygen atoms in total. The molecule has 0 aromatic heterocycles. The van der Waals surface area contributed by atoms with Crippen molar-refractivity contribution in [1.29, 1.82) is 0 Å². The molecule has 1 amide bonds. The summed E-state index contributed by atoms with van der Waals surface area (Å²) in [5.41, 5.74) is 0.0880. The third kappa shape index (κ3) is 1.60. The number of carbonyl (C=O) groups excluding carboxylic acids is 1. The summed E-state index contributed by atoms with van der Waals surface area (Å²) in [5, 5.41) is 0.773. The van der Waals surface area contributed by atoms with E-state index in [9.17, 15) is 9.18 Å². The van der Waals surface area contributed by atoms with E-state index in [1.165, 1.54) is 25.1 Å². The maximum atomic E-state index is 12.9. The Morgan fingerprint density at radius 2 is 2.08 bits per heavy atom. The number of nitrogens with zero attached hydrogens (tertiary/aromatic N) is 1. The zero-order valence-corrected chi connectivity index (χ0v) is 6.62. The minimum Gasteiger partial charge on any atom is -0.273 e. The van der Waals surface area contributed by atoms with Gasteiger partial charge in [-0.2, -0.15) is 0 Å². The molecule has 0 fully saturated rings. The summed E-state index contributed by atoms with van der Waals surface area (Å²) in [7, 11) is 0. The minimum atomic E-state index is -0.504. The summed E-state index contributed by atoms with van der Waals surface area (Å²) in [4.78, 5) is 10.7. The number of carbonyl (C=O) groups is 1. The topological polar surface area (TPSA) is 46.3 Å². The van der Waals surface area contributed by atoms with Crippen LogP contribution in [-0.2, 0) is 4.79 Å². The van der Waals surface area contributed by atoms with Gasteiger partial charge in [0.2, 0.25) is 5.91 Å². The Balaban J connectivity index is 3.02. The van der Waals surface area contributed by atoms with E-state index in [1.807, 2.05) is 0 Å². The van der Waals surface area contributed by atoms with Crippen molar-refractivity contribution in [3.8, 4) is 0 Å². The molecule has 2 N–H and O–H groups in total. The van der Waals surface area contributed by atoms with E-state index in [1.54, 1.807) is 6.07 Å². The van der Waals surface area contributed by atoms with Crippen LogP contribution in [0.25, 0.3) is 0 Å². The molecule has 0 spiro atoms. The van der Waals surface area contributed by atoms with Gasteiger partial charge in [-0.3, -0.25) is 4.79 Å². The number of hydrogen-bond donors (Lipinski definition) is 1. The minimum absolute atomic E-state index is 0.0880. The lowest BCUT2D eigenvalue weighted by Gasteiger charge is -2.14. The first-order chi connectivity index (χ1) is 5.63. The number of hydrogen-bond acceptors (Lipinski definition) is 2. The van der Waals surface area contributed by atoms with Crippen molar-refractivity contribution in [3.63, 3.8) is 0 Å². The highest BCUT2D eigenvalue weighted by atomic mass is 19.1. The van der Waals surface area contributed by atoms with Crippen LogP contribution in [-0.4, -0.2) is 5.91 Å². The van der Waals surface area contributed by atoms with Crippen LogP contribution in [0, 0.1) is 5.82 Å². The van der Waals surface area contributed by atoms with Crippen molar-refractivity contribution in [2.75, 3.05) is 5.01 Å². The van der Waals surface area contributed by atoms with E-state index in [-0.39, 0.29) is 5.69 Å². The highest BCUT2D eigenvalue weighted by Gasteiger charge is 2.09. The van der Waals surface area contributed by atoms with Crippen LogP contribution in [0.4, 0.5) is 10.1 Å². The number of halogens is 1. The lowest BCUT2D eigenvalue weighted by atomic mass is 10.3. The average molecular weight is 168 g/mol. The third-order valence-electron chi connectivity index (χ3n) is 1.45. The highest BCUT2D eigenvalue weighted by molar-refractivity contribution is 5.90. The molecule has 0 aliphatic heterocycles. The Morgan fingerprint density at radius 3 is 2.58 bits per heavy atom. The van der Waals surface area contributed by atoms with Crippen molar-refractivity contribution < 1.29 is 9.18 Å². The molecule has 0 aliphatic rings. The van der Waals surface area contributed by atoms with Crippen LogP contribution < -0.4 is 10.9 Å². The molecule has 12 heavy (non-hydrogen) atoms. The van der Waals surface area contributed by atoms with Crippen molar-refractivity contribution in [1.82, 2.24) is 0 Å². The fraction of sp³-hybridized carbons (Fsp3) is 0.125. The van der Waals surface area contributed by atoms with Gasteiger partial charge in [0.05, 0.1) is 5.69 Å². The Bertz CT molecular complexity index is 301. The van der Waals surface area contributed by atoms with Gasteiger partial charge in [0, 0.05) is 6.92 Å². The Morgan fingerprint density at radius 1 is 1.50 bits per heavy atom. The molecule has 0 saturated carbocycles. The number of amides is 1. The van der Waals surface area contributed by atoms with Crippen molar-refractivity contribution in [2.24, 2.45) is 5.84 Å². The van der Waals surface area contributed by atoms with Gasteiger partial charge in [-0.1, -0.05) is 12.1 Å². The number of nitrogens with two attached hydrogens (primary N) is 1. The monoisotopic (exact) mass is 168 g/mol. The molecule has 1 aromatic carbocycles. The summed E-state index contributed by atoms with van der Waals surface area (Å²) < 4.78 is 12.9. The van der Waals surface area contributed by atoms with Gasteiger partial charge in [-0.25, -0.2) is 15.2 Å². The molecule has 0 heterocycles. The van der Waals surface area contributed by atoms with Gasteiger partial charge in [0.1, 0.15) is 5.82 Å². The first kappa shape index (κ1) is 8.67. The average Bonchev–Trinajstić information content (AvgIpc) is 2.04. The predicted molar refractivity (Wildman–Crippen MR) is 43.7 cm³/mol. The lowest BCUT2D eigenvalue weighted by molar-refractivity contribution is -0.116. The summed E-state index contributed by atoms with van der Waals surface area (Å²) in [6.45, 7) is 1.27. The van der Waals surface area contributed by atoms with Crippen LogP contribution in [0.2, 0.25) is 0 Å². The first-order valence-electron chi connectivity index (χ1n) is 3.43. The fourth-order valence-electron chi connectivity index (χ4n) is 0.817. The predicted octanol–water partition coefficient (Wildman–Crippen LogP) is 1.05. The van der Waals surface area contributed by atoms with Crippen molar-refractivity contribution >= 4 is 11.6 Å². The van der Waals surface area contributed by atoms with Crippen molar-refractivity contribution in [3.05, 3.63) is 30.1 Å². The Kier molecular flexibility index (Phi) is 2.40. The smallest absolute Gasteiger partial charge is 0.238 e. The number of benzene rings is 1. The van der Waals surface area contributed by atoms with Crippen LogP contribution in [0.3, 0.4) is 0 Å². The molecular weight excluding hydrogens is 159 g/mol. The maximum Gasteiger partial charge on any atom is 0.238 e. The Labute approximate surface area is 69.6 Å². The van der Waals surface area contributed by atoms with Crippen LogP contribution >= 0.6 is 0 Å². The summed E-state index contributed by atoms with van der Waals surface area (Å²) in [5.74, 6) is 4.38. The molecule has 0 atom stereocenters. The number of anilines is 1. The van der Waals surface area contributed by atoms with Gasteiger partial charge in [0.15, 0.2) is 0 Å². The van der Waals surface area contributed by atoms with Gasteiger partial charge >= 0.3 is 0 Å². The van der Waals surface area contributed by atoms with E-state index >= 15 is 0 Å².